The summed E-state index contributed by atoms with van der Waals surface area (Å²) in [6, 6.07) is 3.66. The van der Waals surface area contributed by atoms with E-state index in [1.165, 1.54) is 0 Å². The Morgan fingerprint density at radius 2 is 2.22 bits per heavy atom. The molecule has 5 nitrogen and oxygen atoms in total. The van der Waals surface area contributed by atoms with Gasteiger partial charge in [0.1, 0.15) is 11.5 Å². The molecule has 0 bridgehead atoms. The van der Waals surface area contributed by atoms with Crippen molar-refractivity contribution < 1.29 is 9.32 Å². The lowest BCUT2D eigenvalue weighted by Crippen LogP contribution is -2.17. The number of nitrogens with zero attached hydrogens (tertiary/aromatic N) is 2. The highest BCUT2D eigenvalue weighted by Crippen LogP contribution is 2.20. The third kappa shape index (κ3) is 2.64. The molecule has 0 saturated heterocycles. The van der Waals surface area contributed by atoms with Crippen LogP contribution in [-0.4, -0.2) is 15.6 Å². The first-order valence-corrected chi connectivity index (χ1v) is 6.38. The standard InChI is InChI=1S/C12H14BrN3O2/c1-7(2)16-6-9(13)5-10(16)12(17)14-11-4-8(3)18-15-11/h4-7H,1-3H3,(H,14,15,17). The SMILES string of the molecule is Cc1cc(NC(=O)c2cc(Br)cn2C(C)C)no1. The van der Waals surface area contributed by atoms with Crippen molar-refractivity contribution in [2.45, 2.75) is 26.8 Å². The zero-order chi connectivity index (χ0) is 13.3. The molecule has 0 aliphatic carbocycles. The summed E-state index contributed by atoms with van der Waals surface area (Å²) in [5.74, 6) is 0.874. The highest BCUT2D eigenvalue weighted by molar-refractivity contribution is 9.10. The number of carbonyl (C=O) groups excluding carboxylic acids is 1. The number of carbonyl (C=O) groups is 1. The molecule has 96 valence electrons. The van der Waals surface area contributed by atoms with E-state index in [1.54, 1.807) is 19.1 Å². The number of hydrogen-bond acceptors (Lipinski definition) is 3. The fourth-order valence-corrected chi connectivity index (χ4v) is 2.10. The number of aromatic nitrogens is 2. The van der Waals surface area contributed by atoms with Crippen LogP contribution in [0.5, 0.6) is 0 Å². The molecular formula is C12H14BrN3O2. The molecule has 0 radical (unpaired) electrons. The Labute approximate surface area is 113 Å². The molecule has 0 aromatic carbocycles. The summed E-state index contributed by atoms with van der Waals surface area (Å²) in [4.78, 5) is 12.1. The number of amides is 1. The predicted molar refractivity (Wildman–Crippen MR) is 71.7 cm³/mol. The summed E-state index contributed by atoms with van der Waals surface area (Å²) in [6.07, 6.45) is 1.88. The van der Waals surface area contributed by atoms with Gasteiger partial charge in [0.2, 0.25) is 0 Å². The van der Waals surface area contributed by atoms with Gasteiger partial charge in [-0.15, -0.1) is 0 Å². The highest BCUT2D eigenvalue weighted by atomic mass is 79.9. The van der Waals surface area contributed by atoms with E-state index in [0.717, 1.165) is 4.47 Å². The number of anilines is 1. The Morgan fingerprint density at radius 3 is 2.78 bits per heavy atom. The van der Waals surface area contributed by atoms with Gasteiger partial charge >= 0.3 is 0 Å². The second kappa shape index (κ2) is 4.97. The van der Waals surface area contributed by atoms with E-state index in [1.807, 2.05) is 24.6 Å². The summed E-state index contributed by atoms with van der Waals surface area (Å²) in [5.41, 5.74) is 0.581. The minimum absolute atomic E-state index is 0.205. The maximum atomic E-state index is 12.1. The van der Waals surface area contributed by atoms with E-state index in [4.69, 9.17) is 4.52 Å². The molecule has 2 aromatic heterocycles. The number of halogens is 1. The van der Waals surface area contributed by atoms with Crippen LogP contribution in [0.15, 0.2) is 27.3 Å². The van der Waals surface area contributed by atoms with Crippen molar-refractivity contribution in [3.63, 3.8) is 0 Å². The minimum atomic E-state index is -0.206. The Hall–Kier alpha value is -1.56. The van der Waals surface area contributed by atoms with Gasteiger partial charge in [0, 0.05) is 22.8 Å². The molecule has 2 aromatic rings. The average Bonchev–Trinajstić information content (AvgIpc) is 2.85. The van der Waals surface area contributed by atoms with E-state index < -0.39 is 0 Å². The van der Waals surface area contributed by atoms with Crippen LogP contribution < -0.4 is 5.32 Å². The summed E-state index contributed by atoms with van der Waals surface area (Å²) in [5, 5.41) is 6.44. The first-order valence-electron chi connectivity index (χ1n) is 5.59. The van der Waals surface area contributed by atoms with Gasteiger partial charge in [0.15, 0.2) is 5.82 Å². The lowest BCUT2D eigenvalue weighted by atomic mass is 10.3. The average molecular weight is 312 g/mol. The van der Waals surface area contributed by atoms with Crippen molar-refractivity contribution in [2.75, 3.05) is 5.32 Å². The Balaban J connectivity index is 2.23. The first kappa shape index (κ1) is 12.9. The molecule has 0 unspecified atom stereocenters. The van der Waals surface area contributed by atoms with Gasteiger partial charge in [0.25, 0.3) is 5.91 Å². The Bertz CT molecular complexity index is 572. The second-order valence-corrected chi connectivity index (χ2v) is 5.24. The van der Waals surface area contributed by atoms with Gasteiger partial charge < -0.3 is 14.4 Å². The molecule has 0 aliphatic rings. The maximum Gasteiger partial charge on any atom is 0.273 e. The third-order valence-electron chi connectivity index (χ3n) is 2.47. The van der Waals surface area contributed by atoms with Crippen LogP contribution in [0.1, 0.15) is 36.1 Å². The van der Waals surface area contributed by atoms with E-state index in [0.29, 0.717) is 17.3 Å². The first-order chi connectivity index (χ1) is 8.47. The molecule has 0 spiro atoms. The number of aryl methyl sites for hydroxylation is 1. The van der Waals surface area contributed by atoms with Gasteiger partial charge in [-0.3, -0.25) is 4.79 Å². The van der Waals surface area contributed by atoms with Crippen LogP contribution in [-0.2, 0) is 0 Å². The van der Waals surface area contributed by atoms with Gasteiger partial charge in [-0.2, -0.15) is 0 Å². The summed E-state index contributed by atoms with van der Waals surface area (Å²) in [7, 11) is 0. The normalized spacial score (nSPS) is 10.9. The highest BCUT2D eigenvalue weighted by Gasteiger charge is 2.16. The van der Waals surface area contributed by atoms with Crippen molar-refractivity contribution in [1.82, 2.24) is 9.72 Å². The van der Waals surface area contributed by atoms with Crippen molar-refractivity contribution >= 4 is 27.7 Å². The molecule has 0 aliphatic heterocycles. The molecule has 1 N–H and O–H groups in total. The molecule has 0 saturated carbocycles. The van der Waals surface area contributed by atoms with Crippen molar-refractivity contribution in [3.8, 4) is 0 Å². The third-order valence-corrected chi connectivity index (χ3v) is 2.91. The monoisotopic (exact) mass is 311 g/mol. The molecule has 0 atom stereocenters. The van der Waals surface area contributed by atoms with Gasteiger partial charge in [-0.05, 0) is 42.8 Å². The van der Waals surface area contributed by atoms with Gasteiger partial charge in [0.05, 0.1) is 0 Å². The van der Waals surface area contributed by atoms with Crippen LogP contribution in [0.25, 0.3) is 0 Å². The van der Waals surface area contributed by atoms with Crippen molar-refractivity contribution in [2.24, 2.45) is 0 Å². The molecule has 1 amide bonds. The molecular weight excluding hydrogens is 298 g/mol. The van der Waals surface area contributed by atoms with E-state index in [2.05, 4.69) is 26.4 Å². The van der Waals surface area contributed by atoms with E-state index in [9.17, 15) is 4.79 Å². The Kier molecular flexibility index (Phi) is 3.56. The lowest BCUT2D eigenvalue weighted by Gasteiger charge is -2.11. The van der Waals surface area contributed by atoms with Crippen LogP contribution >= 0.6 is 15.9 Å². The second-order valence-electron chi connectivity index (χ2n) is 4.32. The minimum Gasteiger partial charge on any atom is -0.360 e. The van der Waals surface area contributed by atoms with Crippen molar-refractivity contribution in [1.29, 1.82) is 0 Å². The smallest absolute Gasteiger partial charge is 0.273 e. The molecule has 0 fully saturated rings. The zero-order valence-electron chi connectivity index (χ0n) is 10.4. The van der Waals surface area contributed by atoms with Crippen molar-refractivity contribution in [3.05, 3.63) is 34.3 Å². The molecule has 18 heavy (non-hydrogen) atoms. The van der Waals surface area contributed by atoms with E-state index >= 15 is 0 Å². The molecule has 2 heterocycles. The van der Waals surface area contributed by atoms with Crippen LogP contribution in [0.2, 0.25) is 0 Å². The maximum absolute atomic E-state index is 12.1. The molecule has 6 heteroatoms. The molecule has 2 rings (SSSR count). The van der Waals surface area contributed by atoms with Crippen LogP contribution in [0, 0.1) is 6.92 Å². The number of nitrogens with one attached hydrogen (secondary N) is 1. The van der Waals surface area contributed by atoms with Crippen LogP contribution in [0.3, 0.4) is 0 Å². The zero-order valence-corrected chi connectivity index (χ0v) is 12.0. The fourth-order valence-electron chi connectivity index (χ4n) is 1.66. The largest absolute Gasteiger partial charge is 0.360 e. The predicted octanol–water partition coefficient (Wildman–Crippen LogP) is 3.38. The topological polar surface area (TPSA) is 60.1 Å². The fraction of sp³-hybridized carbons (Fsp3) is 0.333. The van der Waals surface area contributed by atoms with E-state index in [-0.39, 0.29) is 11.9 Å². The number of rotatable bonds is 3. The van der Waals surface area contributed by atoms with Gasteiger partial charge in [-0.25, -0.2) is 0 Å². The summed E-state index contributed by atoms with van der Waals surface area (Å²) in [6.45, 7) is 5.81. The lowest BCUT2D eigenvalue weighted by molar-refractivity contribution is 0.101. The summed E-state index contributed by atoms with van der Waals surface area (Å²) >= 11 is 3.37. The Morgan fingerprint density at radius 1 is 1.50 bits per heavy atom. The summed E-state index contributed by atoms with van der Waals surface area (Å²) < 4.78 is 7.67. The number of hydrogen-bond donors (Lipinski definition) is 1. The quantitative estimate of drug-likeness (QED) is 0.945. The van der Waals surface area contributed by atoms with Crippen LogP contribution in [0.4, 0.5) is 5.82 Å². The van der Waals surface area contributed by atoms with Gasteiger partial charge in [-0.1, -0.05) is 5.16 Å².